The van der Waals surface area contributed by atoms with Gasteiger partial charge in [-0.1, -0.05) is 6.07 Å². The number of carboxylic acids is 1. The van der Waals surface area contributed by atoms with E-state index in [9.17, 15) is 33.6 Å². The first kappa shape index (κ1) is 31.3. The second kappa shape index (κ2) is 15.5. The highest BCUT2D eigenvalue weighted by atomic mass is 16.6. The van der Waals surface area contributed by atoms with Crippen molar-refractivity contribution >= 4 is 47.0 Å². The minimum absolute atomic E-state index is 0.0322. The normalized spacial score (nSPS) is 16.4. The van der Waals surface area contributed by atoms with Crippen molar-refractivity contribution in [1.82, 2.24) is 10.2 Å². The van der Waals surface area contributed by atoms with Gasteiger partial charge in [-0.05, 0) is 18.6 Å². The highest BCUT2D eigenvalue weighted by Crippen LogP contribution is 2.32. The summed E-state index contributed by atoms with van der Waals surface area (Å²) in [4.78, 5) is 83.2. The lowest BCUT2D eigenvalue weighted by Gasteiger charge is -2.27. The number of nitrogens with one attached hydrogen (secondary N) is 2. The molecule has 4 amide bonds. The molecule has 3 rings (SSSR count). The predicted octanol–water partition coefficient (Wildman–Crippen LogP) is -0.473. The van der Waals surface area contributed by atoms with Crippen LogP contribution in [0.1, 0.15) is 46.4 Å². The van der Waals surface area contributed by atoms with E-state index in [4.69, 9.17) is 24.1 Å². The molecule has 1 aromatic carbocycles. The summed E-state index contributed by atoms with van der Waals surface area (Å²) in [5.74, 6) is -5.60. The fourth-order valence-electron chi connectivity index (χ4n) is 4.07. The molecule has 222 valence electrons. The average molecular weight is 578 g/mol. The number of aliphatic carboxylic acids is 1. The Balaban J connectivity index is 1.25. The predicted molar refractivity (Wildman–Crippen MR) is 137 cm³/mol. The maximum absolute atomic E-state index is 13.1. The lowest BCUT2D eigenvalue weighted by molar-refractivity contribution is -0.151. The van der Waals surface area contributed by atoms with Crippen molar-refractivity contribution < 1.29 is 57.6 Å². The number of anilines is 1. The van der Waals surface area contributed by atoms with E-state index in [1.54, 1.807) is 12.1 Å². The molecular formula is C26H31N3O12. The highest BCUT2D eigenvalue weighted by molar-refractivity contribution is 6.32. The monoisotopic (exact) mass is 577 g/mol. The van der Waals surface area contributed by atoms with Gasteiger partial charge in [0.1, 0.15) is 12.6 Å². The maximum Gasteiger partial charge on any atom is 0.372 e. The van der Waals surface area contributed by atoms with Crippen molar-refractivity contribution in [3.8, 4) is 0 Å². The molecule has 1 saturated heterocycles. The summed E-state index contributed by atoms with van der Waals surface area (Å²) in [5.41, 5.74) is 0.798. The van der Waals surface area contributed by atoms with Crippen LogP contribution >= 0.6 is 0 Å². The van der Waals surface area contributed by atoms with E-state index in [0.717, 1.165) is 4.90 Å². The van der Waals surface area contributed by atoms with Crippen molar-refractivity contribution in [2.75, 3.05) is 58.1 Å². The van der Waals surface area contributed by atoms with Crippen LogP contribution in [0.5, 0.6) is 0 Å². The molecule has 41 heavy (non-hydrogen) atoms. The lowest BCUT2D eigenvalue weighted by Crippen LogP contribution is -2.54. The number of ether oxygens (including phenoxy) is 4. The van der Waals surface area contributed by atoms with Crippen LogP contribution in [0.25, 0.3) is 0 Å². The Morgan fingerprint density at radius 3 is 2.22 bits per heavy atom. The second-order valence-corrected chi connectivity index (χ2v) is 8.89. The fourth-order valence-corrected chi connectivity index (χ4v) is 4.07. The zero-order valence-electron chi connectivity index (χ0n) is 22.2. The Labute approximate surface area is 234 Å². The molecule has 0 aliphatic carbocycles. The first-order valence-corrected chi connectivity index (χ1v) is 12.9. The molecule has 1 atom stereocenters. The molecule has 1 unspecified atom stereocenters. The number of esters is 1. The van der Waals surface area contributed by atoms with Gasteiger partial charge in [-0.25, -0.2) is 4.79 Å². The first-order chi connectivity index (χ1) is 19.7. The van der Waals surface area contributed by atoms with E-state index in [0.29, 0.717) is 25.4 Å². The van der Waals surface area contributed by atoms with E-state index >= 15 is 0 Å². The number of carbonyl (C=O) groups excluding carboxylic acids is 6. The highest BCUT2D eigenvalue weighted by Gasteiger charge is 2.45. The number of rotatable bonds is 18. The number of hydrogen-bond donors (Lipinski definition) is 3. The third kappa shape index (κ3) is 8.89. The zero-order valence-corrected chi connectivity index (χ0v) is 22.2. The molecule has 0 aromatic heterocycles. The van der Waals surface area contributed by atoms with Crippen LogP contribution in [-0.4, -0.2) is 110 Å². The summed E-state index contributed by atoms with van der Waals surface area (Å²) in [7, 11) is 0. The standard InChI is InChI=1S/C26H31N3O12/c30-19(26(36)37)5-7-21(32)41-15-14-40-13-12-39-11-10-38-9-8-27-17-3-1-2-16-22(17)25(35)29(24(16)34)18-4-6-20(31)28-23(18)33/h1-3,18,27H,4-15H2,(H,36,37)(H,28,31,33). The summed E-state index contributed by atoms with van der Waals surface area (Å²) in [6.07, 6.45) is -0.596. The Kier molecular flexibility index (Phi) is 11.9. The van der Waals surface area contributed by atoms with Crippen LogP contribution in [0.4, 0.5) is 5.69 Å². The Hall–Kier alpha value is -4.21. The third-order valence-corrected chi connectivity index (χ3v) is 6.06. The van der Waals surface area contributed by atoms with E-state index in [2.05, 4.69) is 10.6 Å². The van der Waals surface area contributed by atoms with Crippen LogP contribution in [0.15, 0.2) is 18.2 Å². The number of imide groups is 2. The van der Waals surface area contributed by atoms with Gasteiger partial charge < -0.3 is 29.4 Å². The number of piperidine rings is 1. The molecule has 0 radical (unpaired) electrons. The van der Waals surface area contributed by atoms with E-state index < -0.39 is 53.8 Å². The van der Waals surface area contributed by atoms with Crippen LogP contribution in [0, 0.1) is 0 Å². The van der Waals surface area contributed by atoms with Crippen molar-refractivity contribution in [1.29, 1.82) is 0 Å². The molecule has 2 heterocycles. The average Bonchev–Trinajstić information content (AvgIpc) is 3.19. The molecule has 0 spiro atoms. The topological polar surface area (TPSA) is 204 Å². The van der Waals surface area contributed by atoms with Crippen molar-refractivity contribution in [3.63, 3.8) is 0 Å². The molecule has 3 N–H and O–H groups in total. The molecule has 1 aromatic rings. The first-order valence-electron chi connectivity index (χ1n) is 12.9. The van der Waals surface area contributed by atoms with Crippen molar-refractivity contribution in [2.24, 2.45) is 0 Å². The number of carboxylic acid groups (broad SMARTS) is 1. The largest absolute Gasteiger partial charge is 0.476 e. The van der Waals surface area contributed by atoms with Gasteiger partial charge in [0.15, 0.2) is 0 Å². The number of carbonyl (C=O) groups is 7. The number of nitrogens with zero attached hydrogens (tertiary/aromatic N) is 1. The van der Waals surface area contributed by atoms with Crippen molar-refractivity contribution in [2.45, 2.75) is 31.7 Å². The summed E-state index contributed by atoms with van der Waals surface area (Å²) < 4.78 is 20.9. The number of Topliss-reactive ketones (excluding diaryl/α,β-unsaturated/α-hetero) is 1. The van der Waals surface area contributed by atoms with Gasteiger partial charge in [-0.2, -0.15) is 0 Å². The molecule has 15 heteroatoms. The van der Waals surface area contributed by atoms with Gasteiger partial charge in [0.05, 0.1) is 57.2 Å². The van der Waals surface area contributed by atoms with Crippen LogP contribution in [0.2, 0.25) is 0 Å². The molecule has 2 aliphatic rings. The van der Waals surface area contributed by atoms with Crippen LogP contribution < -0.4 is 10.6 Å². The zero-order chi connectivity index (χ0) is 29.8. The quantitative estimate of drug-likeness (QED) is 0.0874. The minimum atomic E-state index is -1.59. The lowest BCUT2D eigenvalue weighted by atomic mass is 10.0. The summed E-state index contributed by atoms with van der Waals surface area (Å²) in [6.45, 7) is 1.82. The number of ketones is 1. The second-order valence-electron chi connectivity index (χ2n) is 8.89. The molecular weight excluding hydrogens is 546 g/mol. The molecule has 1 fully saturated rings. The number of amides is 4. The Bertz CT molecular complexity index is 1180. The fraction of sp³-hybridized carbons (Fsp3) is 0.500. The van der Waals surface area contributed by atoms with Gasteiger partial charge in [-0.15, -0.1) is 0 Å². The minimum Gasteiger partial charge on any atom is -0.476 e. The van der Waals surface area contributed by atoms with E-state index in [-0.39, 0.29) is 63.4 Å². The summed E-state index contributed by atoms with van der Waals surface area (Å²) in [5, 5.41) is 13.7. The van der Waals surface area contributed by atoms with Crippen LogP contribution in [0.3, 0.4) is 0 Å². The summed E-state index contributed by atoms with van der Waals surface area (Å²) >= 11 is 0. The van der Waals surface area contributed by atoms with Gasteiger partial charge >= 0.3 is 11.9 Å². The van der Waals surface area contributed by atoms with Crippen molar-refractivity contribution in [3.05, 3.63) is 29.3 Å². The van der Waals surface area contributed by atoms with Gasteiger partial charge in [0.2, 0.25) is 17.6 Å². The van der Waals surface area contributed by atoms with E-state index in [1.807, 2.05) is 0 Å². The van der Waals surface area contributed by atoms with Gasteiger partial charge in [-0.3, -0.25) is 39.0 Å². The Morgan fingerprint density at radius 1 is 0.902 bits per heavy atom. The van der Waals surface area contributed by atoms with Crippen LogP contribution in [-0.2, 0) is 42.9 Å². The summed E-state index contributed by atoms with van der Waals surface area (Å²) in [6, 6.07) is 3.77. The van der Waals surface area contributed by atoms with Gasteiger partial charge in [0.25, 0.3) is 11.8 Å². The molecule has 0 bridgehead atoms. The maximum atomic E-state index is 13.1. The molecule has 2 aliphatic heterocycles. The molecule has 0 saturated carbocycles. The number of benzene rings is 1. The molecule has 15 nitrogen and oxygen atoms in total. The number of fused-ring (bicyclic) bond motifs is 1. The third-order valence-electron chi connectivity index (χ3n) is 6.06. The van der Waals surface area contributed by atoms with E-state index in [1.165, 1.54) is 6.07 Å². The SMILES string of the molecule is O=C1CCC(N2C(=O)c3cccc(NCCOCCOCCOCCOC(=O)CCC(=O)C(=O)O)c3C2=O)C(=O)N1. The Morgan fingerprint density at radius 2 is 1.56 bits per heavy atom. The number of hydrogen-bond acceptors (Lipinski definition) is 12. The van der Waals surface area contributed by atoms with Gasteiger partial charge in [0, 0.05) is 25.1 Å². The smallest absolute Gasteiger partial charge is 0.372 e.